The quantitative estimate of drug-likeness (QED) is 0.806. The fourth-order valence-electron chi connectivity index (χ4n) is 1.52. The Morgan fingerprint density at radius 2 is 1.95 bits per heavy atom. The third-order valence-corrected chi connectivity index (χ3v) is 2.53. The van der Waals surface area contributed by atoms with E-state index >= 15 is 0 Å². The molecule has 0 saturated carbocycles. The van der Waals surface area contributed by atoms with Gasteiger partial charge in [0, 0.05) is 19.0 Å². The lowest BCUT2D eigenvalue weighted by Gasteiger charge is -2.13. The average Bonchev–Trinajstić information content (AvgIpc) is 2.36. The van der Waals surface area contributed by atoms with Gasteiger partial charge in [0.15, 0.2) is 0 Å². The van der Waals surface area contributed by atoms with Crippen molar-refractivity contribution in [1.82, 2.24) is 5.32 Å². The molecule has 0 aliphatic rings. The number of carbonyl (C=O) groups excluding carboxylic acids is 1. The smallest absolute Gasteiger partial charge is 0.222 e. The summed E-state index contributed by atoms with van der Waals surface area (Å²) < 4.78 is 5.31. The molecule has 0 aromatic heterocycles. The van der Waals surface area contributed by atoms with Crippen LogP contribution in [0.2, 0.25) is 0 Å². The predicted octanol–water partition coefficient (Wildman–Crippen LogP) is 2.04. The Hall–Kier alpha value is -1.10. The molecule has 108 valence electrons. The first-order valence-electron chi connectivity index (χ1n) is 6.28. The number of carbonyl (C=O) groups is 1. The van der Waals surface area contributed by atoms with Crippen LogP contribution in [0.1, 0.15) is 31.9 Å². The van der Waals surface area contributed by atoms with Crippen molar-refractivity contribution < 1.29 is 9.53 Å². The highest BCUT2D eigenvalue weighted by Gasteiger charge is 2.07. The Kier molecular flexibility index (Phi) is 9.21. The maximum atomic E-state index is 11.5. The number of ether oxygens (including phenoxy) is 1. The van der Waals surface area contributed by atoms with Crippen molar-refractivity contribution in [2.45, 2.75) is 32.4 Å². The number of amides is 1. The highest BCUT2D eigenvalue weighted by Crippen LogP contribution is 2.07. The van der Waals surface area contributed by atoms with E-state index in [9.17, 15) is 4.79 Å². The molecule has 0 fully saturated rings. The van der Waals surface area contributed by atoms with Gasteiger partial charge in [-0.25, -0.2) is 0 Å². The third kappa shape index (κ3) is 7.82. The number of benzene rings is 1. The van der Waals surface area contributed by atoms with E-state index in [1.165, 1.54) is 0 Å². The summed E-state index contributed by atoms with van der Waals surface area (Å²) in [6.45, 7) is 4.79. The van der Waals surface area contributed by atoms with Gasteiger partial charge in [-0.15, -0.1) is 12.4 Å². The summed E-state index contributed by atoms with van der Waals surface area (Å²) >= 11 is 0. The van der Waals surface area contributed by atoms with Crippen LogP contribution >= 0.6 is 12.4 Å². The first-order valence-corrected chi connectivity index (χ1v) is 6.28. The summed E-state index contributed by atoms with van der Waals surface area (Å²) in [5.74, 6) is -0.0259. The molecule has 19 heavy (non-hydrogen) atoms. The predicted molar refractivity (Wildman–Crippen MR) is 79.3 cm³/mol. The summed E-state index contributed by atoms with van der Waals surface area (Å²) in [5, 5.41) is 2.81. The van der Waals surface area contributed by atoms with Crippen molar-refractivity contribution in [3.63, 3.8) is 0 Å². The van der Waals surface area contributed by atoms with Gasteiger partial charge < -0.3 is 15.8 Å². The van der Waals surface area contributed by atoms with Crippen LogP contribution in [0.4, 0.5) is 0 Å². The average molecular weight is 287 g/mol. The van der Waals surface area contributed by atoms with Gasteiger partial charge in [0.2, 0.25) is 5.91 Å². The molecule has 0 bridgehead atoms. The number of halogens is 1. The number of hydrogen-bond donors (Lipinski definition) is 2. The minimum absolute atomic E-state index is 0. The molecule has 1 aromatic rings. The Morgan fingerprint density at radius 3 is 2.53 bits per heavy atom. The molecule has 1 atom stereocenters. The van der Waals surface area contributed by atoms with E-state index < -0.39 is 0 Å². The fraction of sp³-hybridized carbons (Fsp3) is 0.500. The van der Waals surface area contributed by atoms with Crippen LogP contribution in [0.3, 0.4) is 0 Å². The van der Waals surface area contributed by atoms with E-state index in [0.29, 0.717) is 19.6 Å². The normalized spacial score (nSPS) is 11.8. The van der Waals surface area contributed by atoms with Gasteiger partial charge in [-0.1, -0.05) is 30.3 Å². The molecule has 0 radical (unpaired) electrons. The van der Waals surface area contributed by atoms with Crippen LogP contribution in [-0.4, -0.2) is 25.2 Å². The van der Waals surface area contributed by atoms with E-state index in [0.717, 1.165) is 5.56 Å². The monoisotopic (exact) mass is 286 g/mol. The third-order valence-electron chi connectivity index (χ3n) is 2.53. The van der Waals surface area contributed by atoms with Gasteiger partial charge >= 0.3 is 0 Å². The largest absolute Gasteiger partial charge is 0.378 e. The summed E-state index contributed by atoms with van der Waals surface area (Å²) in [4.78, 5) is 11.5. The second-order valence-corrected chi connectivity index (χ2v) is 4.49. The van der Waals surface area contributed by atoms with E-state index in [2.05, 4.69) is 5.32 Å². The lowest BCUT2D eigenvalue weighted by molar-refractivity contribution is -0.122. The van der Waals surface area contributed by atoms with Crippen molar-refractivity contribution in [2.75, 3.05) is 13.2 Å². The van der Waals surface area contributed by atoms with Gasteiger partial charge in [0.05, 0.1) is 12.7 Å². The Labute approximate surface area is 121 Å². The van der Waals surface area contributed by atoms with Crippen molar-refractivity contribution >= 4 is 18.3 Å². The van der Waals surface area contributed by atoms with E-state index in [4.69, 9.17) is 10.5 Å². The number of hydrogen-bond acceptors (Lipinski definition) is 3. The maximum absolute atomic E-state index is 11.5. The van der Waals surface area contributed by atoms with Crippen molar-refractivity contribution in [1.29, 1.82) is 0 Å². The first kappa shape index (κ1) is 17.9. The second-order valence-electron chi connectivity index (χ2n) is 4.49. The number of rotatable bonds is 7. The van der Waals surface area contributed by atoms with Crippen LogP contribution in [0, 0.1) is 0 Å². The molecule has 1 aromatic carbocycles. The summed E-state index contributed by atoms with van der Waals surface area (Å²) in [5.41, 5.74) is 7.00. The molecule has 1 rings (SSSR count). The first-order chi connectivity index (χ1) is 8.59. The van der Waals surface area contributed by atoms with Crippen LogP contribution in [-0.2, 0) is 9.53 Å². The SMILES string of the molecule is CC(C)OCCC(=O)NCC(N)c1ccccc1.Cl. The Bertz CT molecular complexity index is 358. The molecule has 0 aliphatic heterocycles. The molecular formula is C14H23ClN2O2. The van der Waals surface area contributed by atoms with E-state index in [-0.39, 0.29) is 30.5 Å². The molecule has 5 heteroatoms. The lowest BCUT2D eigenvalue weighted by Crippen LogP contribution is -2.32. The summed E-state index contributed by atoms with van der Waals surface area (Å²) in [7, 11) is 0. The van der Waals surface area contributed by atoms with Crippen molar-refractivity contribution in [3.05, 3.63) is 35.9 Å². The Balaban J connectivity index is 0.00000324. The minimum Gasteiger partial charge on any atom is -0.378 e. The molecular weight excluding hydrogens is 264 g/mol. The van der Waals surface area contributed by atoms with Crippen LogP contribution in [0.5, 0.6) is 0 Å². The molecule has 1 unspecified atom stereocenters. The molecule has 0 heterocycles. The van der Waals surface area contributed by atoms with E-state index in [1.807, 2.05) is 44.2 Å². The summed E-state index contributed by atoms with van der Waals surface area (Å²) in [6, 6.07) is 9.57. The number of nitrogens with two attached hydrogens (primary N) is 1. The van der Waals surface area contributed by atoms with Crippen molar-refractivity contribution in [2.24, 2.45) is 5.73 Å². The molecule has 0 aliphatic carbocycles. The van der Waals surface area contributed by atoms with Gasteiger partial charge in [0.1, 0.15) is 0 Å². The highest BCUT2D eigenvalue weighted by atomic mass is 35.5. The van der Waals surface area contributed by atoms with Gasteiger partial charge in [-0.05, 0) is 19.4 Å². The Morgan fingerprint density at radius 1 is 1.32 bits per heavy atom. The fourth-order valence-corrected chi connectivity index (χ4v) is 1.52. The number of nitrogens with one attached hydrogen (secondary N) is 1. The van der Waals surface area contributed by atoms with Crippen LogP contribution < -0.4 is 11.1 Å². The van der Waals surface area contributed by atoms with Gasteiger partial charge in [-0.3, -0.25) is 4.79 Å². The zero-order valence-corrected chi connectivity index (χ0v) is 12.3. The van der Waals surface area contributed by atoms with Gasteiger partial charge in [-0.2, -0.15) is 0 Å². The molecule has 0 spiro atoms. The molecule has 4 nitrogen and oxygen atoms in total. The van der Waals surface area contributed by atoms with E-state index in [1.54, 1.807) is 0 Å². The zero-order chi connectivity index (χ0) is 13.4. The second kappa shape index (κ2) is 9.78. The van der Waals surface area contributed by atoms with Gasteiger partial charge in [0.25, 0.3) is 0 Å². The zero-order valence-electron chi connectivity index (χ0n) is 11.5. The molecule has 0 saturated heterocycles. The van der Waals surface area contributed by atoms with Crippen molar-refractivity contribution in [3.8, 4) is 0 Å². The summed E-state index contributed by atoms with van der Waals surface area (Å²) in [6.07, 6.45) is 0.532. The molecule has 1 amide bonds. The topological polar surface area (TPSA) is 64.3 Å². The minimum atomic E-state index is -0.166. The lowest BCUT2D eigenvalue weighted by atomic mass is 10.1. The maximum Gasteiger partial charge on any atom is 0.222 e. The standard InChI is InChI=1S/C14H22N2O2.ClH/c1-11(2)18-9-8-14(17)16-10-13(15)12-6-4-3-5-7-12;/h3-7,11,13H,8-10,15H2,1-2H3,(H,16,17);1H. The molecule has 3 N–H and O–H groups in total. The highest BCUT2D eigenvalue weighted by molar-refractivity contribution is 5.85. The van der Waals surface area contributed by atoms with Crippen LogP contribution in [0.25, 0.3) is 0 Å². The van der Waals surface area contributed by atoms with Crippen LogP contribution in [0.15, 0.2) is 30.3 Å².